The van der Waals surface area contributed by atoms with Gasteiger partial charge in [-0.2, -0.15) is 0 Å². The fourth-order valence-corrected chi connectivity index (χ4v) is 7.84. The lowest BCUT2D eigenvalue weighted by Crippen LogP contribution is -2.32. The van der Waals surface area contributed by atoms with Crippen molar-refractivity contribution in [3.05, 3.63) is 77.0 Å². The van der Waals surface area contributed by atoms with Crippen LogP contribution in [0.15, 0.2) is 64.5 Å². The summed E-state index contributed by atoms with van der Waals surface area (Å²) in [5, 5.41) is 8.31. The van der Waals surface area contributed by atoms with E-state index < -0.39 is 0 Å². The molecule has 2 heteroatoms. The van der Waals surface area contributed by atoms with Gasteiger partial charge in [-0.05, 0) is 87.4 Å². The Morgan fingerprint density at radius 1 is 0.763 bits per heavy atom. The van der Waals surface area contributed by atoms with Crippen LogP contribution in [0.4, 0.5) is 0 Å². The minimum absolute atomic E-state index is 0.198. The smallest absolute Gasteiger partial charge is 0.200 e. The Hall–Kier alpha value is -2.84. The minimum Gasteiger partial charge on any atom is -0.200 e. The largest absolute Gasteiger partial charge is 0.222 e. The maximum atomic E-state index is 2.48. The highest BCUT2D eigenvalue weighted by molar-refractivity contribution is 8.00. The Labute approximate surface area is 232 Å². The van der Waals surface area contributed by atoms with Crippen molar-refractivity contribution < 1.29 is 4.57 Å². The Morgan fingerprint density at radius 2 is 1.45 bits per heavy atom. The standard InChI is InChI=1S/C36H40NS/c1-21-16-28-23(17-24(21)19-35(3,4)5)18-30-32-27(28)14-15-37(9)33(32)31-22(2)25-12-10-11-13-26(25)29(34(31)38-30)20-36(6,7)8/h10-18H,19-20H2,1-9H3/q+1. The maximum absolute atomic E-state index is 2.48. The number of hydrogen-bond donors (Lipinski definition) is 0. The molecule has 2 heterocycles. The Kier molecular flexibility index (Phi) is 5.74. The number of hydrogen-bond acceptors (Lipinski definition) is 1. The molecule has 0 spiro atoms. The van der Waals surface area contributed by atoms with Crippen LogP contribution < -0.4 is 4.57 Å². The lowest BCUT2D eigenvalue weighted by atomic mass is 9.82. The molecule has 5 aromatic rings. The van der Waals surface area contributed by atoms with Crippen LogP contribution in [0.3, 0.4) is 0 Å². The van der Waals surface area contributed by atoms with Crippen molar-refractivity contribution in [1.29, 1.82) is 0 Å². The van der Waals surface area contributed by atoms with Gasteiger partial charge in [0, 0.05) is 21.2 Å². The zero-order valence-electron chi connectivity index (χ0n) is 24.5. The topological polar surface area (TPSA) is 3.88 Å². The summed E-state index contributed by atoms with van der Waals surface area (Å²) < 4.78 is 2.36. The molecule has 1 aliphatic rings. The molecule has 0 saturated carbocycles. The summed E-state index contributed by atoms with van der Waals surface area (Å²) in [6, 6.07) is 18.8. The molecule has 0 unspecified atom stereocenters. The van der Waals surface area contributed by atoms with Crippen LogP contribution >= 0.6 is 11.8 Å². The zero-order valence-corrected chi connectivity index (χ0v) is 25.3. The molecule has 0 aliphatic carbocycles. The predicted molar refractivity (Wildman–Crippen MR) is 165 cm³/mol. The van der Waals surface area contributed by atoms with Gasteiger partial charge in [0.05, 0.1) is 10.9 Å². The van der Waals surface area contributed by atoms with E-state index in [1.54, 1.807) is 0 Å². The van der Waals surface area contributed by atoms with Crippen molar-refractivity contribution in [3.63, 3.8) is 0 Å². The molecule has 0 N–H and O–H groups in total. The molecule has 6 rings (SSSR count). The van der Waals surface area contributed by atoms with Crippen LogP contribution in [-0.2, 0) is 19.9 Å². The van der Waals surface area contributed by atoms with Crippen LogP contribution in [0.2, 0.25) is 0 Å². The van der Waals surface area contributed by atoms with E-state index in [-0.39, 0.29) is 10.8 Å². The van der Waals surface area contributed by atoms with E-state index in [1.807, 2.05) is 11.8 Å². The maximum Gasteiger partial charge on any atom is 0.222 e. The number of fused-ring (bicyclic) bond motifs is 5. The second kappa shape index (κ2) is 8.58. The van der Waals surface area contributed by atoms with Crippen molar-refractivity contribution in [2.24, 2.45) is 17.9 Å². The fraction of sp³-hybridized carbons (Fsp3) is 0.361. The van der Waals surface area contributed by atoms with Gasteiger partial charge in [-0.15, -0.1) is 0 Å². The molecule has 38 heavy (non-hydrogen) atoms. The van der Waals surface area contributed by atoms with Crippen molar-refractivity contribution in [3.8, 4) is 11.3 Å². The van der Waals surface area contributed by atoms with Gasteiger partial charge in [-0.25, -0.2) is 4.57 Å². The third kappa shape index (κ3) is 4.13. The van der Waals surface area contributed by atoms with Gasteiger partial charge in [-0.3, -0.25) is 0 Å². The first-order chi connectivity index (χ1) is 17.8. The first-order valence-corrected chi connectivity index (χ1v) is 14.7. The second-order valence-electron chi connectivity index (χ2n) is 13.9. The van der Waals surface area contributed by atoms with Gasteiger partial charge in [0.1, 0.15) is 7.05 Å². The number of aryl methyl sites for hydroxylation is 3. The number of aromatic nitrogens is 1. The molecule has 4 aromatic carbocycles. The summed E-state index contributed by atoms with van der Waals surface area (Å²) in [6.07, 6.45) is 4.42. The molecule has 0 bridgehead atoms. The summed E-state index contributed by atoms with van der Waals surface area (Å²) in [5.74, 6) is 0. The highest BCUT2D eigenvalue weighted by atomic mass is 32.2. The molecule has 0 fully saturated rings. The summed E-state index contributed by atoms with van der Waals surface area (Å²) in [7, 11) is 2.22. The first kappa shape index (κ1) is 25.4. The summed E-state index contributed by atoms with van der Waals surface area (Å²) in [6.45, 7) is 18.7. The lowest BCUT2D eigenvalue weighted by Gasteiger charge is -2.28. The Balaban J connectivity index is 1.73. The van der Waals surface area contributed by atoms with E-state index in [4.69, 9.17) is 0 Å². The third-order valence-electron chi connectivity index (χ3n) is 8.06. The summed E-state index contributed by atoms with van der Waals surface area (Å²) in [4.78, 5) is 2.84. The predicted octanol–water partition coefficient (Wildman–Crippen LogP) is 9.90. The van der Waals surface area contributed by atoms with Crippen LogP contribution in [0, 0.1) is 24.7 Å². The van der Waals surface area contributed by atoms with E-state index in [9.17, 15) is 0 Å². The molecule has 0 amide bonds. The Bertz CT molecular complexity index is 1780. The molecule has 1 aliphatic heterocycles. The van der Waals surface area contributed by atoms with E-state index in [2.05, 4.69) is 122 Å². The van der Waals surface area contributed by atoms with E-state index in [0.29, 0.717) is 0 Å². The van der Waals surface area contributed by atoms with Gasteiger partial charge in [0.15, 0.2) is 6.20 Å². The van der Waals surface area contributed by atoms with Crippen molar-refractivity contribution >= 4 is 44.1 Å². The molecular weight excluding hydrogens is 478 g/mol. The highest BCUT2D eigenvalue weighted by Gasteiger charge is 2.33. The number of nitrogens with zero attached hydrogens (tertiary/aromatic N) is 1. The molecule has 0 radical (unpaired) electrons. The molecule has 1 nitrogen and oxygen atoms in total. The number of rotatable bonds is 2. The summed E-state index contributed by atoms with van der Waals surface area (Å²) >= 11 is 2.00. The molecule has 1 aromatic heterocycles. The second-order valence-corrected chi connectivity index (χ2v) is 14.9. The van der Waals surface area contributed by atoms with Crippen LogP contribution in [0.25, 0.3) is 43.6 Å². The summed E-state index contributed by atoms with van der Waals surface area (Å²) in [5.41, 5.74) is 9.01. The molecule has 0 atom stereocenters. The highest BCUT2D eigenvalue weighted by Crippen LogP contribution is 2.53. The fourth-order valence-electron chi connectivity index (χ4n) is 6.47. The Morgan fingerprint density at radius 3 is 2.13 bits per heavy atom. The monoisotopic (exact) mass is 518 g/mol. The third-order valence-corrected chi connectivity index (χ3v) is 9.26. The van der Waals surface area contributed by atoms with Crippen molar-refractivity contribution in [2.75, 3.05) is 0 Å². The van der Waals surface area contributed by atoms with Gasteiger partial charge >= 0.3 is 0 Å². The normalized spacial score (nSPS) is 13.5. The zero-order chi connectivity index (χ0) is 27.1. The SMILES string of the molecule is Cc1cc2c(cc1CC(C)(C)C)cc1c3c([n+](C)ccc32)-c2c(c(CC(C)(C)C)c3ccccc3c2C)S1. The molecule has 0 saturated heterocycles. The molecule has 194 valence electrons. The number of benzene rings is 4. The van der Waals surface area contributed by atoms with Crippen LogP contribution in [0.5, 0.6) is 0 Å². The van der Waals surface area contributed by atoms with Gasteiger partial charge < -0.3 is 0 Å². The quantitative estimate of drug-likeness (QED) is 0.163. The van der Waals surface area contributed by atoms with E-state index in [1.165, 1.54) is 75.6 Å². The first-order valence-electron chi connectivity index (χ1n) is 13.9. The van der Waals surface area contributed by atoms with Crippen LogP contribution in [-0.4, -0.2) is 0 Å². The van der Waals surface area contributed by atoms with E-state index in [0.717, 1.165) is 12.8 Å². The van der Waals surface area contributed by atoms with Gasteiger partial charge in [0.25, 0.3) is 0 Å². The van der Waals surface area contributed by atoms with E-state index >= 15 is 0 Å². The minimum atomic E-state index is 0.198. The van der Waals surface area contributed by atoms with Crippen LogP contribution in [0.1, 0.15) is 63.8 Å². The average Bonchev–Trinajstić information content (AvgIpc) is 2.82. The van der Waals surface area contributed by atoms with Gasteiger partial charge in [-0.1, -0.05) is 89.7 Å². The lowest BCUT2D eigenvalue weighted by molar-refractivity contribution is -0.659. The molecular formula is C36H40NS+. The number of pyridine rings is 1. The van der Waals surface area contributed by atoms with Crippen molar-refractivity contribution in [2.45, 2.75) is 78.0 Å². The average molecular weight is 519 g/mol. The van der Waals surface area contributed by atoms with Crippen molar-refractivity contribution in [1.82, 2.24) is 0 Å². The van der Waals surface area contributed by atoms with Gasteiger partial charge in [0.2, 0.25) is 5.69 Å².